The summed E-state index contributed by atoms with van der Waals surface area (Å²) in [4.78, 5) is 36.5. The van der Waals surface area contributed by atoms with E-state index in [1.807, 2.05) is 55.8 Å². The molecule has 0 unspecified atom stereocenters. The Balaban J connectivity index is 1.55. The predicted octanol–water partition coefficient (Wildman–Crippen LogP) is 1.99. The normalized spacial score (nSPS) is 10.5. The fraction of sp³-hybridized carbons (Fsp3) is 0.190. The Morgan fingerprint density at radius 3 is 2.32 bits per heavy atom. The fourth-order valence-corrected chi connectivity index (χ4v) is 3.13. The highest BCUT2D eigenvalue weighted by Gasteiger charge is 2.14. The Kier molecular flexibility index (Phi) is 5.44. The number of hydrazine groups is 1. The highest BCUT2D eigenvalue weighted by molar-refractivity contribution is 6.07. The highest BCUT2D eigenvalue weighted by atomic mass is 16.2. The van der Waals surface area contributed by atoms with Crippen LogP contribution in [0.1, 0.15) is 31.8 Å². The van der Waals surface area contributed by atoms with Crippen LogP contribution in [0.25, 0.3) is 10.9 Å². The minimum Gasteiger partial charge on any atom is -0.350 e. The zero-order valence-electron chi connectivity index (χ0n) is 16.0. The molecular weight excluding hydrogens is 356 g/mol. The lowest BCUT2D eigenvalue weighted by atomic mass is 10.1. The van der Waals surface area contributed by atoms with Gasteiger partial charge in [0.15, 0.2) is 0 Å². The average molecular weight is 378 g/mol. The van der Waals surface area contributed by atoms with Gasteiger partial charge in [-0.15, -0.1) is 0 Å². The molecule has 7 heteroatoms. The Morgan fingerprint density at radius 1 is 0.929 bits per heavy atom. The van der Waals surface area contributed by atoms with Crippen molar-refractivity contribution in [3.05, 3.63) is 70.9 Å². The van der Waals surface area contributed by atoms with Gasteiger partial charge in [-0.2, -0.15) is 0 Å². The zero-order chi connectivity index (χ0) is 20.3. The van der Waals surface area contributed by atoms with Crippen molar-refractivity contribution in [2.75, 3.05) is 6.54 Å². The SMILES string of the molecule is Cc1cc(C)cc(C(=O)NCC(=O)NNC(=O)c2cn(C)c3ccccc23)c1. The first-order valence-corrected chi connectivity index (χ1v) is 8.85. The van der Waals surface area contributed by atoms with Gasteiger partial charge in [-0.3, -0.25) is 25.2 Å². The number of amides is 3. The van der Waals surface area contributed by atoms with Gasteiger partial charge in [0.1, 0.15) is 0 Å². The van der Waals surface area contributed by atoms with Crippen molar-refractivity contribution in [1.29, 1.82) is 0 Å². The summed E-state index contributed by atoms with van der Waals surface area (Å²) >= 11 is 0. The van der Waals surface area contributed by atoms with E-state index in [1.165, 1.54) is 0 Å². The molecule has 0 fully saturated rings. The van der Waals surface area contributed by atoms with Crippen LogP contribution < -0.4 is 16.2 Å². The molecule has 3 amide bonds. The van der Waals surface area contributed by atoms with Gasteiger partial charge >= 0.3 is 0 Å². The van der Waals surface area contributed by atoms with E-state index in [0.717, 1.165) is 22.0 Å². The van der Waals surface area contributed by atoms with E-state index < -0.39 is 11.8 Å². The van der Waals surface area contributed by atoms with Crippen LogP contribution in [0.5, 0.6) is 0 Å². The molecule has 1 heterocycles. The highest BCUT2D eigenvalue weighted by Crippen LogP contribution is 2.19. The van der Waals surface area contributed by atoms with E-state index in [4.69, 9.17) is 0 Å². The van der Waals surface area contributed by atoms with Crippen molar-refractivity contribution in [1.82, 2.24) is 20.7 Å². The summed E-state index contributed by atoms with van der Waals surface area (Å²) in [6.45, 7) is 3.56. The third-order valence-electron chi connectivity index (χ3n) is 4.35. The Labute approximate surface area is 162 Å². The second kappa shape index (κ2) is 7.96. The van der Waals surface area contributed by atoms with Gasteiger partial charge < -0.3 is 9.88 Å². The number of fused-ring (bicyclic) bond motifs is 1. The summed E-state index contributed by atoms with van der Waals surface area (Å²) in [6, 6.07) is 13.0. The lowest BCUT2D eigenvalue weighted by Gasteiger charge is -2.09. The van der Waals surface area contributed by atoms with Gasteiger partial charge in [0.05, 0.1) is 12.1 Å². The molecule has 1 aromatic heterocycles. The first kappa shape index (κ1) is 19.2. The molecule has 3 N–H and O–H groups in total. The van der Waals surface area contributed by atoms with Gasteiger partial charge in [0.2, 0.25) is 0 Å². The largest absolute Gasteiger partial charge is 0.350 e. The lowest BCUT2D eigenvalue weighted by Crippen LogP contribution is -2.46. The molecule has 144 valence electrons. The maximum Gasteiger partial charge on any atom is 0.271 e. The minimum atomic E-state index is -0.522. The van der Waals surface area contributed by atoms with Crippen molar-refractivity contribution in [2.45, 2.75) is 13.8 Å². The molecule has 3 rings (SSSR count). The number of aromatic nitrogens is 1. The fourth-order valence-electron chi connectivity index (χ4n) is 3.13. The smallest absolute Gasteiger partial charge is 0.271 e. The molecule has 0 atom stereocenters. The van der Waals surface area contributed by atoms with Gasteiger partial charge in [0.25, 0.3) is 17.7 Å². The number of carbonyl (C=O) groups is 3. The lowest BCUT2D eigenvalue weighted by molar-refractivity contribution is -0.120. The maximum atomic E-state index is 12.4. The predicted molar refractivity (Wildman–Crippen MR) is 107 cm³/mol. The van der Waals surface area contributed by atoms with E-state index in [-0.39, 0.29) is 12.5 Å². The molecule has 7 nitrogen and oxygen atoms in total. The second-order valence-electron chi connectivity index (χ2n) is 6.73. The summed E-state index contributed by atoms with van der Waals surface area (Å²) in [5.41, 5.74) is 8.51. The van der Waals surface area contributed by atoms with Crippen molar-refractivity contribution in [3.8, 4) is 0 Å². The summed E-state index contributed by atoms with van der Waals surface area (Å²) in [5, 5.41) is 3.34. The molecule has 0 saturated carbocycles. The van der Waals surface area contributed by atoms with Crippen molar-refractivity contribution in [3.63, 3.8) is 0 Å². The van der Waals surface area contributed by atoms with E-state index in [9.17, 15) is 14.4 Å². The van der Waals surface area contributed by atoms with Crippen LogP contribution in [0.3, 0.4) is 0 Å². The monoisotopic (exact) mass is 378 g/mol. The van der Waals surface area contributed by atoms with Crippen LogP contribution in [-0.4, -0.2) is 28.8 Å². The molecule has 3 aromatic rings. The summed E-state index contributed by atoms with van der Waals surface area (Å²) < 4.78 is 1.84. The molecule has 0 saturated heterocycles. The zero-order valence-corrected chi connectivity index (χ0v) is 16.0. The minimum absolute atomic E-state index is 0.248. The number of carbonyl (C=O) groups excluding carboxylic acids is 3. The van der Waals surface area contributed by atoms with Crippen LogP contribution in [0.4, 0.5) is 0 Å². The van der Waals surface area contributed by atoms with E-state index in [1.54, 1.807) is 18.3 Å². The number of rotatable bonds is 4. The number of aryl methyl sites for hydroxylation is 3. The summed E-state index contributed by atoms with van der Waals surface area (Å²) in [6.07, 6.45) is 1.70. The number of nitrogens with zero attached hydrogens (tertiary/aromatic N) is 1. The molecule has 2 aromatic carbocycles. The molecule has 0 aliphatic heterocycles. The van der Waals surface area contributed by atoms with Crippen LogP contribution in [0.2, 0.25) is 0 Å². The van der Waals surface area contributed by atoms with Crippen molar-refractivity contribution < 1.29 is 14.4 Å². The number of nitrogens with one attached hydrogen (secondary N) is 3. The Morgan fingerprint density at radius 2 is 1.61 bits per heavy atom. The Bertz CT molecular complexity index is 1050. The Hall–Kier alpha value is -3.61. The molecule has 28 heavy (non-hydrogen) atoms. The number of hydrogen-bond donors (Lipinski definition) is 3. The van der Waals surface area contributed by atoms with E-state index in [2.05, 4.69) is 16.2 Å². The van der Waals surface area contributed by atoms with Gasteiger partial charge in [-0.1, -0.05) is 35.4 Å². The van der Waals surface area contributed by atoms with Crippen LogP contribution in [0, 0.1) is 13.8 Å². The first-order chi connectivity index (χ1) is 13.3. The van der Waals surface area contributed by atoms with Gasteiger partial charge in [-0.25, -0.2) is 0 Å². The van der Waals surface area contributed by atoms with Gasteiger partial charge in [-0.05, 0) is 32.0 Å². The maximum absolute atomic E-state index is 12.4. The van der Waals surface area contributed by atoms with Crippen LogP contribution >= 0.6 is 0 Å². The summed E-state index contributed by atoms with van der Waals surface area (Å²) in [7, 11) is 1.85. The van der Waals surface area contributed by atoms with Crippen LogP contribution in [-0.2, 0) is 11.8 Å². The molecular formula is C21H22N4O3. The number of benzene rings is 2. The number of hydrogen-bond acceptors (Lipinski definition) is 3. The quantitative estimate of drug-likeness (QED) is 0.606. The molecule has 0 aliphatic carbocycles. The molecule has 0 aliphatic rings. The van der Waals surface area contributed by atoms with Crippen LogP contribution in [0.15, 0.2) is 48.7 Å². The third kappa shape index (κ3) is 4.20. The van der Waals surface area contributed by atoms with E-state index >= 15 is 0 Å². The van der Waals surface area contributed by atoms with E-state index in [0.29, 0.717) is 11.1 Å². The topological polar surface area (TPSA) is 92.2 Å². The molecule has 0 radical (unpaired) electrons. The molecule has 0 bridgehead atoms. The third-order valence-corrected chi connectivity index (χ3v) is 4.35. The first-order valence-electron chi connectivity index (χ1n) is 8.85. The van der Waals surface area contributed by atoms with Gasteiger partial charge in [0, 0.05) is 29.7 Å². The molecule has 0 spiro atoms. The standard InChI is InChI=1S/C21H22N4O3/c1-13-8-14(2)10-15(9-13)20(27)22-11-19(26)23-24-21(28)17-12-25(3)18-7-5-4-6-16(17)18/h4-10,12H,11H2,1-3H3,(H,22,27)(H,23,26)(H,24,28). The van der Waals surface area contributed by atoms with Crippen molar-refractivity contribution >= 4 is 28.6 Å². The average Bonchev–Trinajstić information content (AvgIpc) is 3.00. The summed E-state index contributed by atoms with van der Waals surface area (Å²) in [5.74, 6) is -1.29. The number of para-hydroxylation sites is 1. The second-order valence-corrected chi connectivity index (χ2v) is 6.73. The van der Waals surface area contributed by atoms with Crippen molar-refractivity contribution in [2.24, 2.45) is 7.05 Å².